The van der Waals surface area contributed by atoms with E-state index in [2.05, 4.69) is 22.5 Å². The van der Waals surface area contributed by atoms with Crippen molar-refractivity contribution in [1.82, 2.24) is 4.98 Å². The van der Waals surface area contributed by atoms with Crippen LogP contribution in [0.25, 0.3) is 0 Å². The number of rotatable bonds is 6. The maximum atomic E-state index is 12.4. The van der Waals surface area contributed by atoms with Crippen molar-refractivity contribution in [3.05, 3.63) is 34.7 Å². The first-order chi connectivity index (χ1) is 10.2. The third-order valence-corrected chi connectivity index (χ3v) is 4.00. The third kappa shape index (κ3) is 3.72. The van der Waals surface area contributed by atoms with Gasteiger partial charge in [-0.1, -0.05) is 42.9 Å². The van der Waals surface area contributed by atoms with Gasteiger partial charge in [-0.15, -0.1) is 0 Å². The summed E-state index contributed by atoms with van der Waals surface area (Å²) in [6.07, 6.45) is 1.96. The molecule has 5 nitrogen and oxygen atoms in total. The number of hydrogen-bond donors (Lipinski definition) is 3. The molecule has 1 amide bonds. The number of anilines is 3. The van der Waals surface area contributed by atoms with Gasteiger partial charge < -0.3 is 16.4 Å². The fourth-order valence-electron chi connectivity index (χ4n) is 2.03. The first-order valence-electron chi connectivity index (χ1n) is 7.05. The molecule has 1 heterocycles. The molecule has 6 heteroatoms. The number of nitrogens with zero attached hydrogens (tertiary/aromatic N) is 1. The fraction of sp³-hybridized carbons (Fsp3) is 0.333. The highest BCUT2D eigenvalue weighted by atomic mass is 32.1. The number of amides is 1. The van der Waals surface area contributed by atoms with Gasteiger partial charge in [0, 0.05) is 12.2 Å². The molecule has 0 fully saturated rings. The molecule has 112 valence electrons. The second-order valence-corrected chi connectivity index (χ2v) is 5.62. The predicted molar refractivity (Wildman–Crippen MR) is 89.1 cm³/mol. The topological polar surface area (TPSA) is 80.0 Å². The third-order valence-electron chi connectivity index (χ3n) is 2.97. The highest BCUT2D eigenvalue weighted by molar-refractivity contribution is 7.18. The van der Waals surface area contributed by atoms with Gasteiger partial charge in [-0.25, -0.2) is 4.98 Å². The molecule has 4 N–H and O–H groups in total. The van der Waals surface area contributed by atoms with E-state index in [0.717, 1.165) is 30.6 Å². The van der Waals surface area contributed by atoms with Crippen LogP contribution in [0.5, 0.6) is 0 Å². The van der Waals surface area contributed by atoms with E-state index in [1.807, 2.05) is 31.2 Å². The lowest BCUT2D eigenvalue weighted by Gasteiger charge is -2.09. The molecule has 0 unspecified atom stereocenters. The Labute approximate surface area is 128 Å². The maximum Gasteiger partial charge on any atom is 0.269 e. The first-order valence-corrected chi connectivity index (χ1v) is 7.86. The monoisotopic (exact) mass is 304 g/mol. The smallest absolute Gasteiger partial charge is 0.269 e. The number of benzene rings is 1. The van der Waals surface area contributed by atoms with Crippen LogP contribution in [0.15, 0.2) is 24.3 Å². The molecule has 0 saturated carbocycles. The van der Waals surface area contributed by atoms with Crippen LogP contribution in [0.4, 0.5) is 16.6 Å². The van der Waals surface area contributed by atoms with Crippen LogP contribution in [-0.2, 0) is 6.42 Å². The van der Waals surface area contributed by atoms with Gasteiger partial charge in [0.25, 0.3) is 5.91 Å². The molecule has 0 aliphatic heterocycles. The average Bonchev–Trinajstić information content (AvgIpc) is 2.83. The van der Waals surface area contributed by atoms with Crippen molar-refractivity contribution in [3.63, 3.8) is 0 Å². The number of hydrogen-bond acceptors (Lipinski definition) is 5. The van der Waals surface area contributed by atoms with E-state index in [4.69, 9.17) is 5.73 Å². The quantitative estimate of drug-likeness (QED) is 0.764. The SMILES string of the molecule is CCCc1ccccc1NC(=O)c1sc(NCC)nc1N. The summed E-state index contributed by atoms with van der Waals surface area (Å²) in [5.41, 5.74) is 7.78. The van der Waals surface area contributed by atoms with Crippen molar-refractivity contribution in [2.75, 3.05) is 22.9 Å². The standard InChI is InChI=1S/C15H20N4OS/c1-3-7-10-8-5-6-9-11(10)18-14(20)12-13(16)19-15(21-12)17-4-2/h5-6,8-9H,3-4,7,16H2,1-2H3,(H,17,19)(H,18,20). The van der Waals surface area contributed by atoms with Crippen molar-refractivity contribution in [2.45, 2.75) is 26.7 Å². The van der Waals surface area contributed by atoms with Gasteiger partial charge in [-0.05, 0) is 25.0 Å². The molecule has 0 atom stereocenters. The van der Waals surface area contributed by atoms with Crippen LogP contribution in [0, 0.1) is 0 Å². The molecule has 1 aromatic carbocycles. The maximum absolute atomic E-state index is 12.4. The Hall–Kier alpha value is -2.08. The second-order valence-electron chi connectivity index (χ2n) is 4.62. The van der Waals surface area contributed by atoms with Crippen molar-refractivity contribution in [3.8, 4) is 0 Å². The Kier molecular flexibility index (Phi) is 5.16. The summed E-state index contributed by atoms with van der Waals surface area (Å²) in [5.74, 6) is 0.0547. The average molecular weight is 304 g/mol. The fourth-order valence-corrected chi connectivity index (χ4v) is 2.88. The Morgan fingerprint density at radius 1 is 1.33 bits per heavy atom. The number of para-hydroxylation sites is 1. The summed E-state index contributed by atoms with van der Waals surface area (Å²) in [6, 6.07) is 7.82. The summed E-state index contributed by atoms with van der Waals surface area (Å²) in [5, 5.41) is 6.67. The molecule has 0 spiro atoms. The van der Waals surface area contributed by atoms with Gasteiger partial charge in [0.2, 0.25) is 0 Å². The molecule has 1 aromatic heterocycles. The van der Waals surface area contributed by atoms with E-state index in [9.17, 15) is 4.79 Å². The number of aryl methyl sites for hydroxylation is 1. The number of nitrogen functional groups attached to an aromatic ring is 1. The molecular weight excluding hydrogens is 284 g/mol. The minimum atomic E-state index is -0.210. The van der Waals surface area contributed by atoms with E-state index in [1.54, 1.807) is 0 Å². The normalized spacial score (nSPS) is 10.4. The summed E-state index contributed by atoms with van der Waals surface area (Å²) in [4.78, 5) is 16.9. The van der Waals surface area contributed by atoms with Crippen molar-refractivity contribution < 1.29 is 4.79 Å². The minimum absolute atomic E-state index is 0.210. The number of nitrogens with two attached hydrogens (primary N) is 1. The Morgan fingerprint density at radius 2 is 2.10 bits per heavy atom. The van der Waals surface area contributed by atoms with Crippen LogP contribution < -0.4 is 16.4 Å². The zero-order chi connectivity index (χ0) is 15.2. The summed E-state index contributed by atoms with van der Waals surface area (Å²) >= 11 is 1.27. The van der Waals surface area contributed by atoms with E-state index >= 15 is 0 Å². The molecule has 0 aliphatic carbocycles. The van der Waals surface area contributed by atoms with Crippen molar-refractivity contribution >= 4 is 33.9 Å². The van der Waals surface area contributed by atoms with Crippen LogP contribution in [0.3, 0.4) is 0 Å². The van der Waals surface area contributed by atoms with Gasteiger partial charge in [0.15, 0.2) is 5.13 Å². The summed E-state index contributed by atoms with van der Waals surface area (Å²) < 4.78 is 0. The Morgan fingerprint density at radius 3 is 2.81 bits per heavy atom. The van der Waals surface area contributed by atoms with Gasteiger partial charge >= 0.3 is 0 Å². The molecule has 21 heavy (non-hydrogen) atoms. The van der Waals surface area contributed by atoms with E-state index in [1.165, 1.54) is 11.3 Å². The van der Waals surface area contributed by atoms with Crippen LogP contribution in [0.2, 0.25) is 0 Å². The van der Waals surface area contributed by atoms with Crippen LogP contribution in [0.1, 0.15) is 35.5 Å². The minimum Gasteiger partial charge on any atom is -0.382 e. The number of nitrogens with one attached hydrogen (secondary N) is 2. The highest BCUT2D eigenvalue weighted by Gasteiger charge is 2.17. The van der Waals surface area contributed by atoms with Gasteiger partial charge in [0.05, 0.1) is 0 Å². The van der Waals surface area contributed by atoms with Crippen LogP contribution >= 0.6 is 11.3 Å². The first kappa shape index (κ1) is 15.3. The lowest BCUT2D eigenvalue weighted by atomic mass is 10.1. The Bertz CT molecular complexity index is 624. The van der Waals surface area contributed by atoms with Gasteiger partial charge in [-0.3, -0.25) is 4.79 Å². The van der Waals surface area contributed by atoms with E-state index in [-0.39, 0.29) is 11.7 Å². The molecule has 0 bridgehead atoms. The number of carbonyl (C=O) groups excluding carboxylic acids is 1. The molecular formula is C15H20N4OS. The molecule has 2 rings (SSSR count). The summed E-state index contributed by atoms with van der Waals surface area (Å²) in [7, 11) is 0. The molecule has 0 radical (unpaired) electrons. The largest absolute Gasteiger partial charge is 0.382 e. The highest BCUT2D eigenvalue weighted by Crippen LogP contribution is 2.26. The lowest BCUT2D eigenvalue weighted by molar-refractivity contribution is 0.103. The van der Waals surface area contributed by atoms with E-state index in [0.29, 0.717) is 10.0 Å². The number of carbonyl (C=O) groups is 1. The zero-order valence-corrected chi connectivity index (χ0v) is 13.1. The van der Waals surface area contributed by atoms with E-state index < -0.39 is 0 Å². The van der Waals surface area contributed by atoms with Crippen molar-refractivity contribution in [2.24, 2.45) is 0 Å². The molecule has 0 aliphatic rings. The molecule has 2 aromatic rings. The second kappa shape index (κ2) is 7.08. The molecule has 0 saturated heterocycles. The number of thiazole rings is 1. The predicted octanol–water partition coefficient (Wildman–Crippen LogP) is 3.36. The number of aromatic nitrogens is 1. The van der Waals surface area contributed by atoms with Crippen molar-refractivity contribution in [1.29, 1.82) is 0 Å². The zero-order valence-electron chi connectivity index (χ0n) is 12.3. The summed E-state index contributed by atoms with van der Waals surface area (Å²) in [6.45, 7) is 4.83. The van der Waals surface area contributed by atoms with Crippen LogP contribution in [-0.4, -0.2) is 17.4 Å². The van der Waals surface area contributed by atoms with Gasteiger partial charge in [0.1, 0.15) is 10.7 Å². The van der Waals surface area contributed by atoms with Gasteiger partial charge in [-0.2, -0.15) is 0 Å². The Balaban J connectivity index is 2.18. The lowest BCUT2D eigenvalue weighted by Crippen LogP contribution is -2.13.